The van der Waals surface area contributed by atoms with Crippen molar-refractivity contribution in [3.63, 3.8) is 0 Å². The number of carbonyl (C=O) groups is 2. The highest BCUT2D eigenvalue weighted by molar-refractivity contribution is 5.96. The van der Waals surface area contributed by atoms with Gasteiger partial charge in [0.2, 0.25) is 0 Å². The van der Waals surface area contributed by atoms with Crippen molar-refractivity contribution >= 4 is 22.6 Å². The summed E-state index contributed by atoms with van der Waals surface area (Å²) in [4.78, 5) is 26.1. The van der Waals surface area contributed by atoms with Gasteiger partial charge in [-0.25, -0.2) is 4.79 Å². The van der Waals surface area contributed by atoms with Crippen LogP contribution in [0.2, 0.25) is 0 Å². The molecule has 0 atom stereocenters. The van der Waals surface area contributed by atoms with Crippen molar-refractivity contribution in [3.05, 3.63) is 72.2 Å². The molecule has 3 aromatic rings. The number of nitrogens with zero attached hydrogens (tertiary/aromatic N) is 2. The van der Waals surface area contributed by atoms with Crippen LogP contribution in [0.1, 0.15) is 22.5 Å². The van der Waals surface area contributed by atoms with Crippen LogP contribution in [0.4, 0.5) is 0 Å². The highest BCUT2D eigenvalue weighted by Gasteiger charge is 2.18. The summed E-state index contributed by atoms with van der Waals surface area (Å²) in [7, 11) is 0. The summed E-state index contributed by atoms with van der Waals surface area (Å²) in [6.45, 7) is 0.0718. The number of fused-ring (bicyclic) bond motifs is 1. The SMILES string of the molecule is N#CCCN(Cc1ccco1)C(=O)COC(=O)c1ccc2ccccc2c1. The third kappa shape index (κ3) is 4.73. The van der Waals surface area contributed by atoms with Gasteiger partial charge in [0.15, 0.2) is 6.61 Å². The Kier molecular flexibility index (Phi) is 5.85. The van der Waals surface area contributed by atoms with Crippen molar-refractivity contribution < 1.29 is 18.7 Å². The van der Waals surface area contributed by atoms with E-state index in [1.165, 1.54) is 11.2 Å². The van der Waals surface area contributed by atoms with E-state index in [4.69, 9.17) is 14.4 Å². The fourth-order valence-corrected chi connectivity index (χ4v) is 2.69. The van der Waals surface area contributed by atoms with Crippen molar-refractivity contribution in [1.82, 2.24) is 4.90 Å². The number of carbonyl (C=O) groups excluding carboxylic acids is 2. The Morgan fingerprint density at radius 1 is 1.07 bits per heavy atom. The van der Waals surface area contributed by atoms with Crippen LogP contribution in [0.15, 0.2) is 65.3 Å². The van der Waals surface area contributed by atoms with Gasteiger partial charge in [-0.2, -0.15) is 5.26 Å². The monoisotopic (exact) mass is 362 g/mol. The van der Waals surface area contributed by atoms with E-state index in [-0.39, 0.29) is 25.4 Å². The van der Waals surface area contributed by atoms with Crippen molar-refractivity contribution in [2.45, 2.75) is 13.0 Å². The molecule has 0 fully saturated rings. The van der Waals surface area contributed by atoms with Gasteiger partial charge in [-0.15, -0.1) is 0 Å². The lowest BCUT2D eigenvalue weighted by Crippen LogP contribution is -2.34. The van der Waals surface area contributed by atoms with Gasteiger partial charge < -0.3 is 14.1 Å². The number of amides is 1. The first-order valence-corrected chi connectivity index (χ1v) is 8.50. The van der Waals surface area contributed by atoms with Crippen LogP contribution in [0.3, 0.4) is 0 Å². The molecule has 0 aliphatic heterocycles. The van der Waals surface area contributed by atoms with E-state index < -0.39 is 12.6 Å². The van der Waals surface area contributed by atoms with Gasteiger partial charge in [0.05, 0.1) is 30.9 Å². The Hall–Kier alpha value is -3.59. The zero-order chi connectivity index (χ0) is 19.1. The van der Waals surface area contributed by atoms with E-state index in [2.05, 4.69) is 0 Å². The zero-order valence-electron chi connectivity index (χ0n) is 14.6. The molecule has 0 saturated carbocycles. The van der Waals surface area contributed by atoms with Gasteiger partial charge in [-0.3, -0.25) is 4.79 Å². The van der Waals surface area contributed by atoms with Crippen LogP contribution in [-0.4, -0.2) is 29.9 Å². The van der Waals surface area contributed by atoms with Gasteiger partial charge in [0.25, 0.3) is 5.91 Å². The van der Waals surface area contributed by atoms with Crippen LogP contribution in [0.5, 0.6) is 0 Å². The first kappa shape index (κ1) is 18.2. The maximum atomic E-state index is 12.4. The largest absolute Gasteiger partial charge is 0.467 e. The van der Waals surface area contributed by atoms with Gasteiger partial charge in [0.1, 0.15) is 5.76 Å². The number of hydrogen-bond acceptors (Lipinski definition) is 5. The third-order valence-corrected chi connectivity index (χ3v) is 4.08. The fourth-order valence-electron chi connectivity index (χ4n) is 2.69. The molecule has 2 aromatic carbocycles. The summed E-state index contributed by atoms with van der Waals surface area (Å²) in [5.41, 5.74) is 0.385. The topological polar surface area (TPSA) is 83.5 Å². The standard InChI is InChI=1S/C21H18N2O4/c22-10-4-11-23(14-19-7-3-12-26-19)20(24)15-27-21(25)18-9-8-16-5-1-2-6-17(16)13-18/h1-3,5-9,12-13H,4,11,14-15H2. The van der Waals surface area contributed by atoms with Crippen LogP contribution in [0, 0.1) is 11.3 Å². The summed E-state index contributed by atoms with van der Waals surface area (Å²) in [5.74, 6) is -0.342. The molecular weight excluding hydrogens is 344 g/mol. The summed E-state index contributed by atoms with van der Waals surface area (Å²) >= 11 is 0. The van der Waals surface area contributed by atoms with E-state index in [0.29, 0.717) is 11.3 Å². The number of esters is 1. The van der Waals surface area contributed by atoms with E-state index in [0.717, 1.165) is 10.8 Å². The number of nitriles is 1. The smallest absolute Gasteiger partial charge is 0.338 e. The molecule has 0 saturated heterocycles. The van der Waals surface area contributed by atoms with Crippen LogP contribution in [-0.2, 0) is 16.1 Å². The van der Waals surface area contributed by atoms with E-state index >= 15 is 0 Å². The summed E-state index contributed by atoms with van der Waals surface area (Å²) in [6, 6.07) is 18.4. The average Bonchev–Trinajstić information content (AvgIpc) is 3.21. The lowest BCUT2D eigenvalue weighted by atomic mass is 10.1. The summed E-state index contributed by atoms with van der Waals surface area (Å²) in [5, 5.41) is 10.7. The fraction of sp³-hybridized carbons (Fsp3) is 0.190. The minimum absolute atomic E-state index is 0.186. The first-order valence-electron chi connectivity index (χ1n) is 8.50. The maximum Gasteiger partial charge on any atom is 0.338 e. The van der Waals surface area contributed by atoms with Crippen molar-refractivity contribution in [2.24, 2.45) is 0 Å². The molecule has 136 valence electrons. The molecule has 1 heterocycles. The average molecular weight is 362 g/mol. The van der Waals surface area contributed by atoms with Crippen LogP contribution < -0.4 is 0 Å². The Bertz CT molecular complexity index is 973. The summed E-state index contributed by atoms with van der Waals surface area (Å²) < 4.78 is 10.4. The molecule has 0 N–H and O–H groups in total. The molecule has 0 bridgehead atoms. The van der Waals surface area contributed by atoms with Crippen LogP contribution in [0.25, 0.3) is 10.8 Å². The van der Waals surface area contributed by atoms with Crippen molar-refractivity contribution in [3.8, 4) is 6.07 Å². The van der Waals surface area contributed by atoms with Gasteiger partial charge in [0, 0.05) is 6.54 Å². The second-order valence-electron chi connectivity index (χ2n) is 5.94. The third-order valence-electron chi connectivity index (χ3n) is 4.08. The minimum atomic E-state index is -0.563. The predicted octanol–water partition coefficient (Wildman–Crippen LogP) is 3.53. The molecule has 6 heteroatoms. The number of benzene rings is 2. The van der Waals surface area contributed by atoms with Crippen molar-refractivity contribution in [2.75, 3.05) is 13.2 Å². The first-order chi connectivity index (χ1) is 13.2. The molecular formula is C21H18N2O4. The second-order valence-corrected chi connectivity index (χ2v) is 5.94. The minimum Gasteiger partial charge on any atom is -0.467 e. The molecule has 1 amide bonds. The number of ether oxygens (including phenoxy) is 1. The lowest BCUT2D eigenvalue weighted by molar-refractivity contribution is -0.135. The molecule has 0 radical (unpaired) electrons. The quantitative estimate of drug-likeness (QED) is 0.600. The summed E-state index contributed by atoms with van der Waals surface area (Å²) in [6.07, 6.45) is 1.70. The number of hydrogen-bond donors (Lipinski definition) is 0. The molecule has 27 heavy (non-hydrogen) atoms. The highest BCUT2D eigenvalue weighted by Crippen LogP contribution is 2.16. The highest BCUT2D eigenvalue weighted by atomic mass is 16.5. The van der Waals surface area contributed by atoms with Gasteiger partial charge in [-0.05, 0) is 35.0 Å². The molecule has 3 rings (SSSR count). The molecule has 0 aliphatic rings. The Balaban J connectivity index is 1.62. The van der Waals surface area contributed by atoms with Crippen molar-refractivity contribution in [1.29, 1.82) is 5.26 Å². The molecule has 1 aromatic heterocycles. The van der Waals surface area contributed by atoms with Gasteiger partial charge in [-0.1, -0.05) is 30.3 Å². The molecule has 0 spiro atoms. The normalized spacial score (nSPS) is 10.3. The second kappa shape index (κ2) is 8.68. The molecule has 0 unspecified atom stereocenters. The Labute approximate surface area is 156 Å². The van der Waals surface area contributed by atoms with Gasteiger partial charge >= 0.3 is 5.97 Å². The maximum absolute atomic E-state index is 12.4. The van der Waals surface area contributed by atoms with Crippen LogP contribution >= 0.6 is 0 Å². The lowest BCUT2D eigenvalue weighted by Gasteiger charge is -2.20. The Morgan fingerprint density at radius 3 is 2.63 bits per heavy atom. The zero-order valence-corrected chi connectivity index (χ0v) is 14.6. The molecule has 0 aliphatic carbocycles. The number of rotatable bonds is 7. The molecule has 6 nitrogen and oxygen atoms in total. The Morgan fingerprint density at radius 2 is 1.89 bits per heavy atom. The van der Waals surface area contributed by atoms with E-state index in [1.807, 2.05) is 36.4 Å². The predicted molar refractivity (Wildman–Crippen MR) is 98.6 cm³/mol. The van der Waals surface area contributed by atoms with E-state index in [1.54, 1.807) is 24.3 Å². The number of furan rings is 1. The van der Waals surface area contributed by atoms with E-state index in [9.17, 15) is 9.59 Å².